The zero-order chi connectivity index (χ0) is 19.4. The molecule has 4 aliphatic rings. The molecule has 4 fully saturated rings. The van der Waals surface area contributed by atoms with Crippen molar-refractivity contribution >= 4 is 21.6 Å². The molecule has 4 bridgehead atoms. The Morgan fingerprint density at radius 3 is 2.15 bits per heavy atom. The Hall–Kier alpha value is -1.56. The molecule has 4 saturated carbocycles. The van der Waals surface area contributed by atoms with E-state index in [1.165, 1.54) is 29.8 Å². The van der Waals surface area contributed by atoms with Crippen LogP contribution in [0.3, 0.4) is 0 Å². The molecule has 0 aromatic heterocycles. The molecule has 0 atom stereocenters. The summed E-state index contributed by atoms with van der Waals surface area (Å²) in [5.41, 5.74) is 2.42. The molecule has 1 amide bonds. The lowest BCUT2D eigenvalue weighted by atomic mass is 9.53. The third-order valence-corrected chi connectivity index (χ3v) is 7.88. The first-order chi connectivity index (χ1) is 12.6. The van der Waals surface area contributed by atoms with Crippen LogP contribution in [0.5, 0.6) is 0 Å². The second-order valence-electron chi connectivity index (χ2n) is 9.31. The van der Waals surface area contributed by atoms with Gasteiger partial charge in [0.25, 0.3) is 0 Å². The number of hydrogen-bond donors (Lipinski definition) is 1. The minimum atomic E-state index is -3.54. The lowest BCUT2D eigenvalue weighted by molar-refractivity contribution is -0.125. The summed E-state index contributed by atoms with van der Waals surface area (Å²) < 4.78 is 26.1. The van der Waals surface area contributed by atoms with Crippen molar-refractivity contribution in [1.29, 1.82) is 0 Å². The van der Waals surface area contributed by atoms with Crippen molar-refractivity contribution in [3.63, 3.8) is 0 Å². The molecule has 0 aliphatic heterocycles. The van der Waals surface area contributed by atoms with Crippen LogP contribution in [0.15, 0.2) is 18.2 Å². The lowest BCUT2D eigenvalue weighted by Crippen LogP contribution is -2.61. The standard InChI is InChI=1S/C21H30N2O3S/c1-14-4-5-19(15(2)6-14)23(27(3,25)26)13-20(24)22-21-10-16-7-17(11-21)9-18(8-16)12-21/h4-6,16-18H,7-13H2,1-3H3,(H,22,24). The van der Waals surface area contributed by atoms with Gasteiger partial charge in [-0.1, -0.05) is 17.7 Å². The van der Waals surface area contributed by atoms with Crippen LogP contribution in [0.2, 0.25) is 0 Å². The summed E-state index contributed by atoms with van der Waals surface area (Å²) in [7, 11) is -3.54. The van der Waals surface area contributed by atoms with Crippen LogP contribution in [0, 0.1) is 31.6 Å². The maximum atomic E-state index is 12.9. The van der Waals surface area contributed by atoms with E-state index in [2.05, 4.69) is 5.32 Å². The molecule has 1 N–H and O–H groups in total. The molecule has 0 saturated heterocycles. The molecule has 27 heavy (non-hydrogen) atoms. The van der Waals surface area contributed by atoms with Crippen LogP contribution >= 0.6 is 0 Å². The van der Waals surface area contributed by atoms with E-state index in [1.54, 1.807) is 6.07 Å². The number of benzene rings is 1. The smallest absolute Gasteiger partial charge is 0.241 e. The molecule has 0 spiro atoms. The van der Waals surface area contributed by atoms with Crippen molar-refractivity contribution in [2.24, 2.45) is 17.8 Å². The topological polar surface area (TPSA) is 66.5 Å². The second kappa shape index (κ2) is 6.50. The van der Waals surface area contributed by atoms with E-state index < -0.39 is 10.0 Å². The van der Waals surface area contributed by atoms with Crippen molar-refractivity contribution < 1.29 is 13.2 Å². The Balaban J connectivity index is 1.53. The van der Waals surface area contributed by atoms with Gasteiger partial charge in [-0.2, -0.15) is 0 Å². The highest BCUT2D eigenvalue weighted by Crippen LogP contribution is 2.55. The predicted molar refractivity (Wildman–Crippen MR) is 107 cm³/mol. The second-order valence-corrected chi connectivity index (χ2v) is 11.2. The highest BCUT2D eigenvalue weighted by Gasteiger charge is 2.51. The summed E-state index contributed by atoms with van der Waals surface area (Å²) in [4.78, 5) is 12.9. The predicted octanol–water partition coefficient (Wildman–Crippen LogP) is 3.15. The van der Waals surface area contributed by atoms with Crippen molar-refractivity contribution in [2.45, 2.75) is 57.9 Å². The van der Waals surface area contributed by atoms with Crippen molar-refractivity contribution in [3.05, 3.63) is 29.3 Å². The molecular formula is C21H30N2O3S. The number of carbonyl (C=O) groups is 1. The Bertz CT molecular complexity index is 827. The van der Waals surface area contributed by atoms with E-state index in [9.17, 15) is 13.2 Å². The SMILES string of the molecule is Cc1ccc(N(CC(=O)NC23CC4CC(CC(C4)C2)C3)S(C)(=O)=O)c(C)c1. The minimum Gasteiger partial charge on any atom is -0.349 e. The highest BCUT2D eigenvalue weighted by atomic mass is 32.2. The molecule has 148 valence electrons. The maximum absolute atomic E-state index is 12.9. The Morgan fingerprint density at radius 1 is 1.11 bits per heavy atom. The molecule has 0 unspecified atom stereocenters. The fourth-order valence-corrected chi connectivity index (χ4v) is 7.11. The van der Waals surface area contributed by atoms with Crippen molar-refractivity contribution in [3.8, 4) is 0 Å². The summed E-state index contributed by atoms with van der Waals surface area (Å²) in [5, 5.41) is 3.28. The molecule has 5 nitrogen and oxygen atoms in total. The van der Waals surface area contributed by atoms with E-state index in [4.69, 9.17) is 0 Å². The number of carbonyl (C=O) groups excluding carboxylic acids is 1. The maximum Gasteiger partial charge on any atom is 0.241 e. The zero-order valence-corrected chi connectivity index (χ0v) is 17.3. The van der Waals surface area contributed by atoms with Crippen LogP contribution in [-0.2, 0) is 14.8 Å². The average Bonchev–Trinajstić information content (AvgIpc) is 2.50. The van der Waals surface area contributed by atoms with Gasteiger partial charge in [0, 0.05) is 5.54 Å². The van der Waals surface area contributed by atoms with Gasteiger partial charge in [0.15, 0.2) is 0 Å². The van der Waals surface area contributed by atoms with E-state index in [-0.39, 0.29) is 18.0 Å². The van der Waals surface area contributed by atoms with Crippen molar-refractivity contribution in [1.82, 2.24) is 5.32 Å². The van der Waals surface area contributed by atoms with Crippen LogP contribution in [0.4, 0.5) is 5.69 Å². The van der Waals surface area contributed by atoms with Crippen LogP contribution < -0.4 is 9.62 Å². The molecule has 6 heteroatoms. The van der Waals surface area contributed by atoms with E-state index in [0.29, 0.717) is 5.69 Å². The number of nitrogens with zero attached hydrogens (tertiary/aromatic N) is 1. The highest BCUT2D eigenvalue weighted by molar-refractivity contribution is 7.92. The number of amides is 1. The third kappa shape index (κ3) is 3.73. The molecule has 0 heterocycles. The number of anilines is 1. The Kier molecular flexibility index (Phi) is 4.53. The van der Waals surface area contributed by atoms with Crippen LogP contribution in [0.25, 0.3) is 0 Å². The largest absolute Gasteiger partial charge is 0.349 e. The quantitative estimate of drug-likeness (QED) is 0.840. The van der Waals surface area contributed by atoms with Gasteiger partial charge in [0.1, 0.15) is 6.54 Å². The van der Waals surface area contributed by atoms with Crippen LogP contribution in [-0.4, -0.2) is 32.7 Å². The number of hydrogen-bond acceptors (Lipinski definition) is 3. The number of sulfonamides is 1. The summed E-state index contributed by atoms with van der Waals surface area (Å²) in [5.74, 6) is 2.04. The Labute approximate surface area is 162 Å². The van der Waals surface area contributed by atoms with Gasteiger partial charge < -0.3 is 5.32 Å². The van der Waals surface area contributed by atoms with E-state index in [0.717, 1.165) is 48.1 Å². The van der Waals surface area contributed by atoms with E-state index >= 15 is 0 Å². The zero-order valence-electron chi connectivity index (χ0n) is 16.5. The van der Waals surface area contributed by atoms with Gasteiger partial charge in [-0.15, -0.1) is 0 Å². The number of aryl methyl sites for hydroxylation is 2. The third-order valence-electron chi connectivity index (χ3n) is 6.75. The normalized spacial score (nSPS) is 31.7. The fraction of sp³-hybridized carbons (Fsp3) is 0.667. The fourth-order valence-electron chi connectivity index (χ4n) is 6.20. The van der Waals surface area contributed by atoms with Gasteiger partial charge >= 0.3 is 0 Å². The number of rotatable bonds is 5. The van der Waals surface area contributed by atoms with Crippen LogP contribution in [0.1, 0.15) is 49.7 Å². The molecule has 4 aliphatic carbocycles. The molecule has 5 rings (SSSR count). The average molecular weight is 391 g/mol. The molecule has 1 aromatic rings. The summed E-state index contributed by atoms with van der Waals surface area (Å²) in [6, 6.07) is 5.63. The number of nitrogens with one attached hydrogen (secondary N) is 1. The minimum absolute atomic E-state index is 0.0999. The summed E-state index contributed by atoms with van der Waals surface area (Å²) in [6.07, 6.45) is 8.30. The first kappa shape index (κ1) is 18.8. The summed E-state index contributed by atoms with van der Waals surface area (Å²) in [6.45, 7) is 3.71. The summed E-state index contributed by atoms with van der Waals surface area (Å²) >= 11 is 0. The van der Waals surface area contributed by atoms with Gasteiger partial charge in [-0.25, -0.2) is 8.42 Å². The Morgan fingerprint density at radius 2 is 1.67 bits per heavy atom. The van der Waals surface area contributed by atoms with Gasteiger partial charge in [0.2, 0.25) is 15.9 Å². The van der Waals surface area contributed by atoms with Gasteiger partial charge in [-0.05, 0) is 81.8 Å². The monoisotopic (exact) mass is 390 g/mol. The lowest BCUT2D eigenvalue weighted by Gasteiger charge is -2.57. The molecule has 0 radical (unpaired) electrons. The van der Waals surface area contributed by atoms with Crippen molar-refractivity contribution in [2.75, 3.05) is 17.1 Å². The van der Waals surface area contributed by atoms with Gasteiger partial charge in [-0.3, -0.25) is 9.10 Å². The van der Waals surface area contributed by atoms with Gasteiger partial charge in [0.05, 0.1) is 11.9 Å². The molecular weight excluding hydrogens is 360 g/mol. The van der Waals surface area contributed by atoms with E-state index in [1.807, 2.05) is 26.0 Å². The first-order valence-corrected chi connectivity index (χ1v) is 11.8. The molecule has 1 aromatic carbocycles. The first-order valence-electron chi connectivity index (χ1n) is 9.99.